The third-order valence-electron chi connectivity index (χ3n) is 5.92. The minimum Gasteiger partial charge on any atom is -0.480 e. The molecule has 2 aromatic heterocycles. The maximum atomic E-state index is 14.5. The number of hydrogen-bond donors (Lipinski definition) is 4. The van der Waals surface area contributed by atoms with Crippen LogP contribution in [0.3, 0.4) is 0 Å². The van der Waals surface area contributed by atoms with Crippen molar-refractivity contribution in [3.63, 3.8) is 0 Å². The number of nitrogens with zero attached hydrogens (tertiary/aromatic N) is 5. The van der Waals surface area contributed by atoms with Gasteiger partial charge in [0, 0.05) is 68.5 Å². The molecule has 5 N–H and O–H groups in total. The highest BCUT2D eigenvalue weighted by Gasteiger charge is 2.20. The van der Waals surface area contributed by atoms with Gasteiger partial charge in [0.1, 0.15) is 11.6 Å². The Morgan fingerprint density at radius 2 is 1.89 bits per heavy atom. The number of rotatable bonds is 11. The highest BCUT2D eigenvalue weighted by Crippen LogP contribution is 2.22. The summed E-state index contributed by atoms with van der Waals surface area (Å²) in [5.41, 5.74) is 8.34. The topological polar surface area (TPSA) is 133 Å². The van der Waals surface area contributed by atoms with Gasteiger partial charge in [0.15, 0.2) is 0 Å². The first-order chi connectivity index (χ1) is 17.5. The van der Waals surface area contributed by atoms with Crippen molar-refractivity contribution in [2.75, 3.05) is 56.4 Å². The largest absolute Gasteiger partial charge is 0.480 e. The van der Waals surface area contributed by atoms with Crippen molar-refractivity contribution in [3.05, 3.63) is 60.2 Å². The summed E-state index contributed by atoms with van der Waals surface area (Å²) in [6.07, 6.45) is 4.29. The van der Waals surface area contributed by atoms with Crippen LogP contribution in [0.15, 0.2) is 48.8 Å². The number of piperazine rings is 1. The van der Waals surface area contributed by atoms with Crippen LogP contribution in [0.1, 0.15) is 12.0 Å². The van der Waals surface area contributed by atoms with Crippen molar-refractivity contribution >= 4 is 23.4 Å². The number of carboxylic acid groups (broad SMARTS) is 1. The Hall–Kier alpha value is -3.67. The molecule has 190 valence electrons. The van der Waals surface area contributed by atoms with Gasteiger partial charge in [0.2, 0.25) is 5.95 Å². The molecular formula is C25H31FN8O2. The minimum absolute atomic E-state index is 0.0343. The minimum atomic E-state index is -0.830. The molecule has 4 rings (SSSR count). The zero-order chi connectivity index (χ0) is 25.3. The van der Waals surface area contributed by atoms with Gasteiger partial charge in [-0.1, -0.05) is 0 Å². The van der Waals surface area contributed by atoms with E-state index in [2.05, 4.69) is 30.5 Å². The van der Waals surface area contributed by atoms with E-state index in [4.69, 9.17) is 10.8 Å². The highest BCUT2D eigenvalue weighted by molar-refractivity contribution is 5.69. The number of nitrogens with two attached hydrogens (primary N) is 1. The van der Waals surface area contributed by atoms with Crippen molar-refractivity contribution in [2.24, 2.45) is 5.73 Å². The van der Waals surface area contributed by atoms with Crippen LogP contribution < -0.4 is 16.4 Å². The number of nitrogens with one attached hydrogen (secondary N) is 2. The first kappa shape index (κ1) is 25.4. The van der Waals surface area contributed by atoms with Crippen molar-refractivity contribution in [1.29, 1.82) is 0 Å². The van der Waals surface area contributed by atoms with Crippen LogP contribution in [0.4, 0.5) is 21.8 Å². The van der Waals surface area contributed by atoms with E-state index in [0.29, 0.717) is 56.5 Å². The SMILES string of the molecule is NCCCNc1ccc(-c2ccnc(Nc3ccc(F)c(CN4CCN(CC(=O)O)CC4)c3)n2)cn1. The molecule has 1 fully saturated rings. The Kier molecular flexibility index (Phi) is 8.71. The van der Waals surface area contributed by atoms with E-state index >= 15 is 0 Å². The summed E-state index contributed by atoms with van der Waals surface area (Å²) in [5.74, 6) is 0.0665. The molecule has 1 aromatic carbocycles. The number of pyridine rings is 1. The Bertz CT molecular complexity index is 1150. The van der Waals surface area contributed by atoms with Gasteiger partial charge in [-0.2, -0.15) is 0 Å². The number of benzene rings is 1. The number of halogens is 1. The van der Waals surface area contributed by atoms with Gasteiger partial charge in [-0.25, -0.2) is 19.3 Å². The van der Waals surface area contributed by atoms with Crippen molar-refractivity contribution < 1.29 is 14.3 Å². The van der Waals surface area contributed by atoms with E-state index in [9.17, 15) is 9.18 Å². The number of carboxylic acids is 1. The lowest BCUT2D eigenvalue weighted by Gasteiger charge is -2.33. The standard InChI is InChI=1S/C25H31FN8O2/c26-21-4-3-20(14-19(21)16-33-10-12-34(13-11-33)17-24(35)36)31-25-29-9-6-22(32-25)18-2-5-23(30-15-18)28-8-1-7-27/h2-6,9,14-15H,1,7-8,10-13,16-17,27H2,(H,28,30)(H,35,36)(H,29,31,32). The lowest BCUT2D eigenvalue weighted by molar-refractivity contribution is -0.138. The molecule has 0 atom stereocenters. The van der Waals surface area contributed by atoms with E-state index in [1.165, 1.54) is 6.07 Å². The molecule has 0 spiro atoms. The molecule has 0 amide bonds. The van der Waals surface area contributed by atoms with Crippen LogP contribution >= 0.6 is 0 Å². The molecule has 36 heavy (non-hydrogen) atoms. The fourth-order valence-corrected chi connectivity index (χ4v) is 3.99. The van der Waals surface area contributed by atoms with Crippen molar-refractivity contribution in [3.8, 4) is 11.3 Å². The summed E-state index contributed by atoms with van der Waals surface area (Å²) in [6.45, 7) is 4.54. The Morgan fingerprint density at radius 1 is 1.08 bits per heavy atom. The van der Waals surface area contributed by atoms with Gasteiger partial charge in [-0.3, -0.25) is 14.6 Å². The predicted molar refractivity (Wildman–Crippen MR) is 136 cm³/mol. The molecule has 0 aliphatic carbocycles. The average molecular weight is 495 g/mol. The maximum Gasteiger partial charge on any atom is 0.317 e. The average Bonchev–Trinajstić information content (AvgIpc) is 2.88. The zero-order valence-corrected chi connectivity index (χ0v) is 20.0. The van der Waals surface area contributed by atoms with Crippen LogP contribution in [0.5, 0.6) is 0 Å². The zero-order valence-electron chi connectivity index (χ0n) is 20.0. The molecule has 1 saturated heterocycles. The van der Waals surface area contributed by atoms with Crippen LogP contribution in [0.25, 0.3) is 11.3 Å². The summed E-state index contributed by atoms with van der Waals surface area (Å²) in [7, 11) is 0. The number of aromatic nitrogens is 3. The number of hydrogen-bond acceptors (Lipinski definition) is 9. The Morgan fingerprint density at radius 3 is 2.61 bits per heavy atom. The highest BCUT2D eigenvalue weighted by atomic mass is 19.1. The third kappa shape index (κ3) is 7.17. The molecule has 3 aromatic rings. The van der Waals surface area contributed by atoms with Gasteiger partial charge >= 0.3 is 5.97 Å². The molecule has 1 aliphatic rings. The first-order valence-corrected chi connectivity index (χ1v) is 12.0. The van der Waals surface area contributed by atoms with Gasteiger partial charge in [-0.05, 0) is 49.4 Å². The third-order valence-corrected chi connectivity index (χ3v) is 5.92. The monoisotopic (exact) mass is 494 g/mol. The normalized spacial score (nSPS) is 14.5. The molecule has 0 unspecified atom stereocenters. The number of anilines is 3. The van der Waals surface area contributed by atoms with Crippen LogP contribution in [0, 0.1) is 5.82 Å². The quantitative estimate of drug-likeness (QED) is 0.295. The second-order valence-corrected chi connectivity index (χ2v) is 8.64. The first-order valence-electron chi connectivity index (χ1n) is 12.0. The van der Waals surface area contributed by atoms with E-state index < -0.39 is 5.97 Å². The summed E-state index contributed by atoms with van der Waals surface area (Å²) in [6, 6.07) is 10.5. The Labute approximate surface area is 209 Å². The predicted octanol–water partition coefficient (Wildman–Crippen LogP) is 2.38. The Balaban J connectivity index is 1.38. The molecule has 3 heterocycles. The molecule has 10 nitrogen and oxygen atoms in total. The maximum absolute atomic E-state index is 14.5. The van der Waals surface area contributed by atoms with Crippen molar-refractivity contribution in [2.45, 2.75) is 13.0 Å². The molecule has 0 bridgehead atoms. The fraction of sp³-hybridized carbons (Fsp3) is 0.360. The number of aliphatic carboxylic acids is 1. The number of carbonyl (C=O) groups is 1. The molecule has 1 aliphatic heterocycles. The van der Waals surface area contributed by atoms with Crippen LogP contribution in [-0.4, -0.2) is 81.6 Å². The van der Waals surface area contributed by atoms with E-state index in [0.717, 1.165) is 30.0 Å². The second-order valence-electron chi connectivity index (χ2n) is 8.64. The fourth-order valence-electron chi connectivity index (χ4n) is 3.99. The smallest absolute Gasteiger partial charge is 0.317 e. The van der Waals surface area contributed by atoms with Crippen molar-refractivity contribution in [1.82, 2.24) is 24.8 Å². The lowest BCUT2D eigenvalue weighted by atomic mass is 10.1. The van der Waals surface area contributed by atoms with E-state index in [-0.39, 0.29) is 12.4 Å². The summed E-state index contributed by atoms with van der Waals surface area (Å²) < 4.78 is 14.5. The second kappa shape index (κ2) is 12.3. The van der Waals surface area contributed by atoms with Gasteiger partial charge in [0.05, 0.1) is 12.2 Å². The molecule has 11 heteroatoms. The van der Waals surface area contributed by atoms with E-state index in [1.807, 2.05) is 23.1 Å². The summed E-state index contributed by atoms with van der Waals surface area (Å²) in [5, 5.41) is 15.3. The summed E-state index contributed by atoms with van der Waals surface area (Å²) in [4.78, 5) is 28.2. The van der Waals surface area contributed by atoms with E-state index in [1.54, 1.807) is 24.5 Å². The van der Waals surface area contributed by atoms with Gasteiger partial charge in [-0.15, -0.1) is 0 Å². The van der Waals surface area contributed by atoms with Gasteiger partial charge in [0.25, 0.3) is 0 Å². The summed E-state index contributed by atoms with van der Waals surface area (Å²) >= 11 is 0. The van der Waals surface area contributed by atoms with Crippen LogP contribution in [0.2, 0.25) is 0 Å². The molecule has 0 radical (unpaired) electrons. The van der Waals surface area contributed by atoms with Crippen LogP contribution in [-0.2, 0) is 11.3 Å². The molecular weight excluding hydrogens is 463 g/mol. The lowest BCUT2D eigenvalue weighted by Crippen LogP contribution is -2.47. The molecule has 0 saturated carbocycles. The van der Waals surface area contributed by atoms with Gasteiger partial charge < -0.3 is 21.5 Å².